The van der Waals surface area contributed by atoms with Crippen LogP contribution in [0.25, 0.3) is 15.5 Å². The number of rotatable bonds is 4. The quantitative estimate of drug-likeness (QED) is 0.578. The molecule has 2 aromatic heterocycles. The van der Waals surface area contributed by atoms with E-state index in [2.05, 4.69) is 25.8 Å². The molecule has 0 saturated heterocycles. The SMILES string of the molecule is CCc1nnc2sc(-c3cccc(NN=C(C#N)C#N)c3C)nn12. The lowest BCUT2D eigenvalue weighted by molar-refractivity contribution is 0.837. The molecule has 118 valence electrons. The van der Waals surface area contributed by atoms with Crippen LogP contribution in [0.4, 0.5) is 5.69 Å². The molecule has 8 nitrogen and oxygen atoms in total. The molecule has 3 rings (SSSR count). The van der Waals surface area contributed by atoms with E-state index < -0.39 is 0 Å². The Balaban J connectivity index is 2.01. The van der Waals surface area contributed by atoms with Crippen LogP contribution in [-0.2, 0) is 6.42 Å². The van der Waals surface area contributed by atoms with Gasteiger partial charge in [0.15, 0.2) is 5.82 Å². The smallest absolute Gasteiger partial charge is 0.237 e. The van der Waals surface area contributed by atoms with Crippen molar-refractivity contribution < 1.29 is 0 Å². The van der Waals surface area contributed by atoms with Gasteiger partial charge < -0.3 is 0 Å². The van der Waals surface area contributed by atoms with Crippen molar-refractivity contribution in [3.8, 4) is 22.7 Å². The number of nitrogens with one attached hydrogen (secondary N) is 1. The summed E-state index contributed by atoms with van der Waals surface area (Å²) in [5.41, 5.74) is 5.09. The van der Waals surface area contributed by atoms with E-state index in [1.807, 2.05) is 32.0 Å². The zero-order valence-electron chi connectivity index (χ0n) is 13.0. The van der Waals surface area contributed by atoms with Gasteiger partial charge in [-0.25, -0.2) is 0 Å². The number of hydrazone groups is 1. The molecule has 0 aliphatic heterocycles. The predicted molar refractivity (Wildman–Crippen MR) is 90.5 cm³/mol. The summed E-state index contributed by atoms with van der Waals surface area (Å²) < 4.78 is 1.75. The third-order valence-electron chi connectivity index (χ3n) is 3.44. The number of aryl methyl sites for hydroxylation is 1. The van der Waals surface area contributed by atoms with E-state index in [0.717, 1.165) is 33.3 Å². The lowest BCUT2D eigenvalue weighted by Gasteiger charge is -2.08. The number of benzene rings is 1. The van der Waals surface area contributed by atoms with Crippen molar-refractivity contribution >= 4 is 27.7 Å². The van der Waals surface area contributed by atoms with Crippen LogP contribution in [0.5, 0.6) is 0 Å². The number of hydrogen-bond donors (Lipinski definition) is 1. The molecule has 0 saturated carbocycles. The van der Waals surface area contributed by atoms with Gasteiger partial charge in [-0.1, -0.05) is 30.4 Å². The van der Waals surface area contributed by atoms with Crippen LogP contribution in [-0.4, -0.2) is 25.5 Å². The number of nitriles is 2. The van der Waals surface area contributed by atoms with Crippen molar-refractivity contribution in [2.45, 2.75) is 20.3 Å². The normalized spacial score (nSPS) is 10.2. The molecule has 0 aliphatic carbocycles. The van der Waals surface area contributed by atoms with Gasteiger partial charge in [0.2, 0.25) is 10.7 Å². The highest BCUT2D eigenvalue weighted by Crippen LogP contribution is 2.31. The monoisotopic (exact) mass is 336 g/mol. The minimum Gasteiger partial charge on any atom is -0.276 e. The first kappa shape index (κ1) is 15.6. The van der Waals surface area contributed by atoms with Gasteiger partial charge in [-0.2, -0.15) is 25.2 Å². The first-order valence-electron chi connectivity index (χ1n) is 7.13. The highest BCUT2D eigenvalue weighted by Gasteiger charge is 2.14. The van der Waals surface area contributed by atoms with Crippen LogP contribution >= 0.6 is 11.3 Å². The van der Waals surface area contributed by atoms with E-state index >= 15 is 0 Å². The van der Waals surface area contributed by atoms with Gasteiger partial charge in [0.1, 0.15) is 17.1 Å². The molecule has 0 fully saturated rings. The summed E-state index contributed by atoms with van der Waals surface area (Å²) in [4.78, 5) is 0.744. The molecule has 0 radical (unpaired) electrons. The molecule has 1 N–H and O–H groups in total. The van der Waals surface area contributed by atoms with Crippen LogP contribution in [0.3, 0.4) is 0 Å². The second-order valence-electron chi connectivity index (χ2n) is 4.85. The average Bonchev–Trinajstić information content (AvgIpc) is 3.17. The first-order chi connectivity index (χ1) is 11.7. The van der Waals surface area contributed by atoms with Crippen molar-refractivity contribution in [1.82, 2.24) is 19.8 Å². The molecule has 0 amide bonds. The molecule has 0 unspecified atom stereocenters. The van der Waals surface area contributed by atoms with E-state index in [-0.39, 0.29) is 5.71 Å². The molecule has 0 bridgehead atoms. The lowest BCUT2D eigenvalue weighted by Crippen LogP contribution is -1.99. The van der Waals surface area contributed by atoms with Crippen LogP contribution < -0.4 is 5.43 Å². The molecule has 9 heteroatoms. The van der Waals surface area contributed by atoms with Crippen LogP contribution in [0.15, 0.2) is 23.3 Å². The van der Waals surface area contributed by atoms with Crippen molar-refractivity contribution in [3.63, 3.8) is 0 Å². The Morgan fingerprint density at radius 2 is 2.12 bits per heavy atom. The summed E-state index contributed by atoms with van der Waals surface area (Å²) in [6.45, 7) is 3.93. The minimum absolute atomic E-state index is 0.230. The fraction of sp³-hybridized carbons (Fsp3) is 0.200. The zero-order chi connectivity index (χ0) is 17.1. The highest BCUT2D eigenvalue weighted by molar-refractivity contribution is 7.19. The van der Waals surface area contributed by atoms with Gasteiger partial charge in [-0.05, 0) is 18.6 Å². The second-order valence-corrected chi connectivity index (χ2v) is 5.80. The Hall–Kier alpha value is -3.30. The molecule has 3 aromatic rings. The molecule has 0 spiro atoms. The van der Waals surface area contributed by atoms with Crippen LogP contribution in [0.2, 0.25) is 0 Å². The van der Waals surface area contributed by atoms with Crippen molar-refractivity contribution in [2.75, 3.05) is 5.43 Å². The number of nitrogens with zero attached hydrogens (tertiary/aromatic N) is 7. The summed E-state index contributed by atoms with van der Waals surface area (Å²) in [7, 11) is 0. The van der Waals surface area contributed by atoms with Crippen LogP contribution in [0.1, 0.15) is 18.3 Å². The average molecular weight is 336 g/mol. The van der Waals surface area contributed by atoms with E-state index in [9.17, 15) is 0 Å². The Morgan fingerprint density at radius 3 is 2.83 bits per heavy atom. The van der Waals surface area contributed by atoms with E-state index in [0.29, 0.717) is 5.69 Å². The van der Waals surface area contributed by atoms with E-state index in [4.69, 9.17) is 10.5 Å². The predicted octanol–water partition coefficient (Wildman–Crippen LogP) is 2.54. The van der Waals surface area contributed by atoms with Gasteiger partial charge in [-0.15, -0.1) is 10.2 Å². The summed E-state index contributed by atoms with van der Waals surface area (Å²) in [6.07, 6.45) is 0.755. The van der Waals surface area contributed by atoms with Crippen molar-refractivity contribution in [1.29, 1.82) is 10.5 Å². The molecule has 24 heavy (non-hydrogen) atoms. The Kier molecular flexibility index (Phi) is 4.18. The highest BCUT2D eigenvalue weighted by atomic mass is 32.1. The van der Waals surface area contributed by atoms with Crippen molar-refractivity contribution in [2.24, 2.45) is 5.10 Å². The summed E-state index contributed by atoms with van der Waals surface area (Å²) in [5.74, 6) is 0.816. The minimum atomic E-state index is -0.230. The number of anilines is 1. The fourth-order valence-corrected chi connectivity index (χ4v) is 3.11. The number of aromatic nitrogens is 4. The Labute approximate surface area is 141 Å². The largest absolute Gasteiger partial charge is 0.276 e. The second kappa shape index (κ2) is 6.44. The fourth-order valence-electron chi connectivity index (χ4n) is 2.17. The van der Waals surface area contributed by atoms with Gasteiger partial charge >= 0.3 is 0 Å². The molecular weight excluding hydrogens is 324 g/mol. The molecule has 1 aromatic carbocycles. The number of fused-ring (bicyclic) bond motifs is 1. The maximum atomic E-state index is 8.75. The van der Waals surface area contributed by atoms with Crippen molar-refractivity contribution in [3.05, 3.63) is 29.6 Å². The Morgan fingerprint density at radius 1 is 1.33 bits per heavy atom. The third-order valence-corrected chi connectivity index (χ3v) is 4.37. The molecule has 2 heterocycles. The molecule has 0 atom stereocenters. The zero-order valence-corrected chi connectivity index (χ0v) is 13.8. The molecular formula is C15H12N8S. The third kappa shape index (κ3) is 2.69. The maximum absolute atomic E-state index is 8.75. The van der Waals surface area contributed by atoms with Crippen LogP contribution in [0, 0.1) is 29.6 Å². The topological polar surface area (TPSA) is 115 Å². The number of hydrogen-bond acceptors (Lipinski definition) is 8. The Bertz CT molecular complexity index is 998. The summed E-state index contributed by atoms with van der Waals surface area (Å²) in [5, 5.41) is 34.9. The summed E-state index contributed by atoms with van der Waals surface area (Å²) in [6, 6.07) is 9.07. The van der Waals surface area contributed by atoms with Gasteiger partial charge in [0, 0.05) is 12.0 Å². The lowest BCUT2D eigenvalue weighted by atomic mass is 10.1. The van der Waals surface area contributed by atoms with Gasteiger partial charge in [-0.3, -0.25) is 5.43 Å². The maximum Gasteiger partial charge on any atom is 0.237 e. The van der Waals surface area contributed by atoms with Gasteiger partial charge in [0.05, 0.1) is 5.69 Å². The molecule has 0 aliphatic rings. The van der Waals surface area contributed by atoms with Gasteiger partial charge in [0.25, 0.3) is 0 Å². The standard InChI is InChI=1S/C15H12N8S/c1-3-13-20-21-15-23(13)22-14(24-15)11-5-4-6-12(9(11)2)19-18-10(7-16)8-17/h4-6,19H,3H2,1-2H3. The first-order valence-corrected chi connectivity index (χ1v) is 7.94. The van der Waals surface area contributed by atoms with E-state index in [1.54, 1.807) is 16.7 Å². The summed E-state index contributed by atoms with van der Waals surface area (Å²) >= 11 is 1.45. The van der Waals surface area contributed by atoms with E-state index in [1.165, 1.54) is 11.3 Å².